The Morgan fingerprint density at radius 3 is 1.30 bits per heavy atom. The molecule has 0 aromatic heterocycles. The monoisotopic (exact) mass is 492 g/mol. The number of rotatable bonds is 13. The van der Waals surface area contributed by atoms with Gasteiger partial charge in [0.05, 0.1) is 24.0 Å². The van der Waals surface area contributed by atoms with Crippen molar-refractivity contribution in [2.24, 2.45) is 0 Å². The van der Waals surface area contributed by atoms with E-state index in [1.54, 1.807) is 24.3 Å². The molecule has 0 atom stereocenters. The number of sulfonamides is 2. The Labute approximate surface area is 185 Å². The lowest BCUT2D eigenvalue weighted by molar-refractivity contribution is 0.414. The molecule has 2 aromatic rings. The van der Waals surface area contributed by atoms with Crippen molar-refractivity contribution in [3.8, 4) is 11.5 Å². The van der Waals surface area contributed by atoms with E-state index in [0.29, 0.717) is 23.0 Å². The van der Waals surface area contributed by atoms with Crippen molar-refractivity contribution in [1.29, 1.82) is 0 Å². The van der Waals surface area contributed by atoms with Gasteiger partial charge in [-0.2, -0.15) is 0 Å². The Balaban J connectivity index is 1.64. The maximum atomic E-state index is 12.2. The zero-order chi connectivity index (χ0) is 22.0. The van der Waals surface area contributed by atoms with Gasteiger partial charge in [0, 0.05) is 24.6 Å². The van der Waals surface area contributed by atoms with Gasteiger partial charge in [-0.1, -0.05) is 21.6 Å². The Hall–Kier alpha value is -1.44. The van der Waals surface area contributed by atoms with Crippen LogP contribution in [0.1, 0.15) is 0 Å². The maximum Gasteiger partial charge on any atom is 0.240 e. The van der Waals surface area contributed by atoms with Crippen molar-refractivity contribution in [3.63, 3.8) is 0 Å². The highest BCUT2D eigenvalue weighted by Crippen LogP contribution is 2.21. The van der Waals surface area contributed by atoms with Crippen LogP contribution in [0.5, 0.6) is 11.5 Å². The van der Waals surface area contributed by atoms with Gasteiger partial charge in [-0.25, -0.2) is 26.3 Å². The average Bonchev–Trinajstić information content (AvgIpc) is 2.75. The molecule has 2 N–H and O–H groups in total. The number of ether oxygens (including phenoxy) is 2. The Morgan fingerprint density at radius 2 is 1.00 bits per heavy atom. The summed E-state index contributed by atoms with van der Waals surface area (Å²) in [4.78, 5) is 0.350. The fourth-order valence-corrected chi connectivity index (χ4v) is 6.37. The van der Waals surface area contributed by atoms with E-state index in [4.69, 9.17) is 9.47 Å². The van der Waals surface area contributed by atoms with Crippen LogP contribution in [0.2, 0.25) is 0 Å². The van der Waals surface area contributed by atoms with Gasteiger partial charge in [0.25, 0.3) is 0 Å². The van der Waals surface area contributed by atoms with Crippen LogP contribution in [0.3, 0.4) is 0 Å². The Kier molecular flexibility index (Phi) is 9.78. The highest BCUT2D eigenvalue weighted by molar-refractivity contribution is 8.76. The third-order valence-electron chi connectivity index (χ3n) is 3.78. The second kappa shape index (κ2) is 11.8. The molecule has 0 spiro atoms. The number of hydrogen-bond donors (Lipinski definition) is 2. The third kappa shape index (κ3) is 7.67. The van der Waals surface area contributed by atoms with Crippen LogP contribution in [0, 0.1) is 0 Å². The zero-order valence-corrected chi connectivity index (χ0v) is 19.8. The summed E-state index contributed by atoms with van der Waals surface area (Å²) in [5.41, 5.74) is 0. The van der Waals surface area contributed by atoms with Gasteiger partial charge in [0.2, 0.25) is 20.0 Å². The van der Waals surface area contributed by atoms with E-state index < -0.39 is 20.0 Å². The third-order valence-corrected chi connectivity index (χ3v) is 9.14. The lowest BCUT2D eigenvalue weighted by Gasteiger charge is -2.08. The average molecular weight is 493 g/mol. The van der Waals surface area contributed by atoms with Crippen molar-refractivity contribution in [1.82, 2.24) is 9.44 Å². The molecule has 0 saturated carbocycles. The van der Waals surface area contributed by atoms with Gasteiger partial charge in [-0.3, -0.25) is 0 Å². The van der Waals surface area contributed by atoms with Gasteiger partial charge in [0.15, 0.2) is 0 Å². The molecule has 8 nitrogen and oxygen atoms in total. The van der Waals surface area contributed by atoms with Gasteiger partial charge >= 0.3 is 0 Å². The summed E-state index contributed by atoms with van der Waals surface area (Å²) in [5, 5.41) is 0. The van der Waals surface area contributed by atoms with E-state index in [1.807, 2.05) is 0 Å². The van der Waals surface area contributed by atoms with Crippen LogP contribution in [0.15, 0.2) is 58.3 Å². The Morgan fingerprint density at radius 1 is 0.667 bits per heavy atom. The molecule has 0 aliphatic rings. The van der Waals surface area contributed by atoms with Crippen LogP contribution in [0.25, 0.3) is 0 Å². The van der Waals surface area contributed by atoms with Crippen LogP contribution < -0.4 is 18.9 Å². The molecule has 2 rings (SSSR count). The molecule has 2 aromatic carbocycles. The smallest absolute Gasteiger partial charge is 0.240 e. The van der Waals surface area contributed by atoms with E-state index in [0.717, 1.165) is 0 Å². The molecule has 0 aliphatic heterocycles. The SMILES string of the molecule is COc1ccc(S(=O)(=O)NCCSSCCNS(=O)(=O)c2ccc(OC)cc2)cc1. The van der Waals surface area contributed by atoms with Crippen LogP contribution in [-0.2, 0) is 20.0 Å². The first-order chi connectivity index (χ1) is 14.3. The van der Waals surface area contributed by atoms with E-state index in [2.05, 4.69) is 9.44 Å². The van der Waals surface area contributed by atoms with Crippen molar-refractivity contribution in [2.45, 2.75) is 9.79 Å². The lowest BCUT2D eigenvalue weighted by Crippen LogP contribution is -2.26. The summed E-state index contributed by atoms with van der Waals surface area (Å²) >= 11 is 0. The molecule has 166 valence electrons. The fourth-order valence-electron chi connectivity index (χ4n) is 2.23. The van der Waals surface area contributed by atoms with Crippen LogP contribution in [0.4, 0.5) is 0 Å². The second-order valence-electron chi connectivity index (χ2n) is 5.79. The van der Waals surface area contributed by atoms with E-state index in [-0.39, 0.29) is 22.9 Å². The van der Waals surface area contributed by atoms with Crippen molar-refractivity contribution in [2.75, 3.05) is 38.8 Å². The number of methoxy groups -OCH3 is 2. The normalized spacial score (nSPS) is 11.9. The van der Waals surface area contributed by atoms with E-state index in [9.17, 15) is 16.8 Å². The highest BCUT2D eigenvalue weighted by atomic mass is 33.1. The quantitative estimate of drug-likeness (QED) is 0.324. The molecule has 0 heterocycles. The molecule has 0 saturated heterocycles. The number of nitrogens with one attached hydrogen (secondary N) is 2. The zero-order valence-electron chi connectivity index (χ0n) is 16.5. The van der Waals surface area contributed by atoms with Gasteiger partial charge in [-0.05, 0) is 48.5 Å². The van der Waals surface area contributed by atoms with Crippen LogP contribution in [-0.4, -0.2) is 55.7 Å². The summed E-state index contributed by atoms with van der Waals surface area (Å²) < 4.78 is 63.9. The topological polar surface area (TPSA) is 111 Å². The number of hydrogen-bond acceptors (Lipinski definition) is 8. The summed E-state index contributed by atoms with van der Waals surface area (Å²) in [6.07, 6.45) is 0. The summed E-state index contributed by atoms with van der Waals surface area (Å²) in [6, 6.07) is 12.3. The molecule has 0 fully saturated rings. The first kappa shape index (κ1) is 24.8. The highest BCUT2D eigenvalue weighted by Gasteiger charge is 2.14. The Bertz CT molecular complexity index is 910. The predicted molar refractivity (Wildman–Crippen MR) is 121 cm³/mol. The molecule has 0 bridgehead atoms. The standard InChI is InChI=1S/C18H24N2O6S4/c1-25-15-3-7-17(8-4-15)29(21,22)19-11-13-27-28-14-12-20-30(23,24)18-9-5-16(26-2)6-10-18/h3-10,19-20H,11-14H2,1-2H3. The summed E-state index contributed by atoms with van der Waals surface area (Å²) in [6.45, 7) is 0.535. The lowest BCUT2D eigenvalue weighted by atomic mass is 10.3. The van der Waals surface area contributed by atoms with Crippen LogP contribution >= 0.6 is 21.6 Å². The fraction of sp³-hybridized carbons (Fsp3) is 0.333. The van der Waals surface area contributed by atoms with Gasteiger partial charge in [0.1, 0.15) is 11.5 Å². The minimum absolute atomic E-state index is 0.175. The summed E-state index contributed by atoms with van der Waals surface area (Å²) in [7, 11) is -1.17. The molecular formula is C18H24N2O6S4. The molecule has 0 unspecified atom stereocenters. The largest absolute Gasteiger partial charge is 0.497 e. The molecule has 0 amide bonds. The van der Waals surface area contributed by atoms with E-state index in [1.165, 1.54) is 60.1 Å². The molecule has 0 aliphatic carbocycles. The van der Waals surface area contributed by atoms with Crippen molar-refractivity contribution < 1.29 is 26.3 Å². The molecular weight excluding hydrogens is 468 g/mol. The van der Waals surface area contributed by atoms with Crippen molar-refractivity contribution >= 4 is 41.6 Å². The number of benzene rings is 2. The van der Waals surface area contributed by atoms with Gasteiger partial charge in [-0.15, -0.1) is 0 Å². The van der Waals surface area contributed by atoms with E-state index >= 15 is 0 Å². The second-order valence-corrected chi connectivity index (χ2v) is 12.0. The molecule has 12 heteroatoms. The molecule has 30 heavy (non-hydrogen) atoms. The minimum atomic E-state index is -3.57. The van der Waals surface area contributed by atoms with Gasteiger partial charge < -0.3 is 9.47 Å². The molecule has 0 radical (unpaired) electrons. The summed E-state index contributed by atoms with van der Waals surface area (Å²) in [5.74, 6) is 2.27. The maximum absolute atomic E-state index is 12.2. The minimum Gasteiger partial charge on any atom is -0.497 e. The first-order valence-electron chi connectivity index (χ1n) is 8.80. The predicted octanol–water partition coefficient (Wildman–Crippen LogP) is 2.34. The first-order valence-corrected chi connectivity index (χ1v) is 14.3. The van der Waals surface area contributed by atoms with Crippen molar-refractivity contribution in [3.05, 3.63) is 48.5 Å².